The number of rotatable bonds is 1. The summed E-state index contributed by atoms with van der Waals surface area (Å²) in [5.41, 5.74) is 0.560. The van der Waals surface area contributed by atoms with Crippen LogP contribution in [-0.2, 0) is 14.3 Å². The van der Waals surface area contributed by atoms with E-state index >= 15 is 0 Å². The molecule has 0 radical (unpaired) electrons. The minimum Gasteiger partial charge on any atom is -0.378 e. The Morgan fingerprint density at radius 1 is 1.06 bits per heavy atom. The van der Waals surface area contributed by atoms with E-state index < -0.39 is 0 Å². The standard InChI is InChI=1S/C14H15NO3/c16-13-9-12(15-5-7-18-8-6-15)14(17)11-4-2-1-3-10(11)13/h1-4,9-11H,5-8H2/t10-,11+/m0/s1. The third kappa shape index (κ3) is 1.82. The molecule has 2 atom stereocenters. The average Bonchev–Trinajstić information content (AvgIpc) is 2.44. The van der Waals surface area contributed by atoms with Crippen molar-refractivity contribution in [3.8, 4) is 0 Å². The second-order valence-corrected chi connectivity index (χ2v) is 4.72. The highest BCUT2D eigenvalue weighted by Crippen LogP contribution is 2.30. The van der Waals surface area contributed by atoms with Crippen LogP contribution in [0.2, 0.25) is 0 Å². The lowest BCUT2D eigenvalue weighted by molar-refractivity contribution is -0.128. The van der Waals surface area contributed by atoms with Gasteiger partial charge in [0.05, 0.1) is 30.7 Å². The van der Waals surface area contributed by atoms with Crippen molar-refractivity contribution in [1.29, 1.82) is 0 Å². The van der Waals surface area contributed by atoms with Gasteiger partial charge in [-0.25, -0.2) is 0 Å². The molecule has 0 saturated carbocycles. The van der Waals surface area contributed by atoms with E-state index in [1.807, 2.05) is 29.2 Å². The first-order valence-corrected chi connectivity index (χ1v) is 6.25. The molecule has 0 amide bonds. The van der Waals surface area contributed by atoms with E-state index in [-0.39, 0.29) is 23.4 Å². The summed E-state index contributed by atoms with van der Waals surface area (Å²) in [5, 5.41) is 0. The molecule has 4 nitrogen and oxygen atoms in total. The number of hydrogen-bond donors (Lipinski definition) is 0. The van der Waals surface area contributed by atoms with Crippen LogP contribution in [-0.4, -0.2) is 42.8 Å². The lowest BCUT2D eigenvalue weighted by atomic mass is 9.77. The van der Waals surface area contributed by atoms with Gasteiger partial charge in [-0.15, -0.1) is 0 Å². The smallest absolute Gasteiger partial charge is 0.186 e. The predicted molar refractivity (Wildman–Crippen MR) is 65.7 cm³/mol. The first kappa shape index (κ1) is 11.4. The number of ether oxygens (including phenoxy) is 1. The number of hydrogen-bond acceptors (Lipinski definition) is 4. The van der Waals surface area contributed by atoms with Gasteiger partial charge >= 0.3 is 0 Å². The molecular formula is C14H15NO3. The van der Waals surface area contributed by atoms with E-state index in [0.717, 1.165) is 0 Å². The Morgan fingerprint density at radius 2 is 1.72 bits per heavy atom. The zero-order valence-electron chi connectivity index (χ0n) is 10.0. The highest BCUT2D eigenvalue weighted by atomic mass is 16.5. The van der Waals surface area contributed by atoms with Crippen molar-refractivity contribution in [1.82, 2.24) is 4.90 Å². The Kier molecular flexibility index (Phi) is 2.88. The van der Waals surface area contributed by atoms with Crippen molar-refractivity contribution < 1.29 is 14.3 Å². The van der Waals surface area contributed by atoms with E-state index in [0.29, 0.717) is 32.0 Å². The lowest BCUT2D eigenvalue weighted by Crippen LogP contribution is -2.44. The lowest BCUT2D eigenvalue weighted by Gasteiger charge is -2.35. The number of carbonyl (C=O) groups is 2. The molecule has 3 rings (SSSR count). The van der Waals surface area contributed by atoms with E-state index in [1.54, 1.807) is 0 Å². The highest BCUT2D eigenvalue weighted by molar-refractivity contribution is 6.12. The predicted octanol–water partition coefficient (Wildman–Crippen LogP) is 0.713. The number of Topliss-reactive ketones (excluding diaryl/α,β-unsaturated/α-hetero) is 1. The van der Waals surface area contributed by atoms with Crippen LogP contribution in [0.25, 0.3) is 0 Å². The number of nitrogens with zero attached hydrogens (tertiary/aromatic N) is 1. The Labute approximate surface area is 106 Å². The van der Waals surface area contributed by atoms with Crippen molar-refractivity contribution >= 4 is 11.6 Å². The van der Waals surface area contributed by atoms with E-state index in [2.05, 4.69) is 0 Å². The number of carbonyl (C=O) groups excluding carboxylic acids is 2. The van der Waals surface area contributed by atoms with Crippen LogP contribution in [0, 0.1) is 11.8 Å². The molecule has 1 aliphatic heterocycles. The molecule has 0 bridgehead atoms. The molecule has 1 heterocycles. The summed E-state index contributed by atoms with van der Waals surface area (Å²) in [4.78, 5) is 26.4. The van der Waals surface area contributed by atoms with Crippen molar-refractivity contribution in [2.75, 3.05) is 26.3 Å². The van der Waals surface area contributed by atoms with Gasteiger partial charge in [-0.2, -0.15) is 0 Å². The molecule has 1 saturated heterocycles. The fourth-order valence-corrected chi connectivity index (χ4v) is 2.65. The fourth-order valence-electron chi connectivity index (χ4n) is 2.65. The van der Waals surface area contributed by atoms with Crippen LogP contribution in [0.3, 0.4) is 0 Å². The highest BCUT2D eigenvalue weighted by Gasteiger charge is 2.38. The van der Waals surface area contributed by atoms with Gasteiger partial charge in [0, 0.05) is 19.2 Å². The molecule has 0 aromatic rings. The monoisotopic (exact) mass is 245 g/mol. The molecule has 4 heteroatoms. The molecule has 1 fully saturated rings. The van der Waals surface area contributed by atoms with E-state index in [9.17, 15) is 9.59 Å². The van der Waals surface area contributed by atoms with Gasteiger partial charge in [0.2, 0.25) is 0 Å². The van der Waals surface area contributed by atoms with Crippen LogP contribution in [0.4, 0.5) is 0 Å². The van der Waals surface area contributed by atoms with Crippen LogP contribution in [0.5, 0.6) is 0 Å². The third-order valence-corrected chi connectivity index (χ3v) is 3.65. The minimum atomic E-state index is -0.314. The third-order valence-electron chi connectivity index (χ3n) is 3.65. The van der Waals surface area contributed by atoms with Crippen LogP contribution in [0.1, 0.15) is 0 Å². The van der Waals surface area contributed by atoms with Crippen molar-refractivity contribution in [3.63, 3.8) is 0 Å². The molecule has 0 N–H and O–H groups in total. The normalized spacial score (nSPS) is 31.3. The first-order valence-electron chi connectivity index (χ1n) is 6.25. The number of fused-ring (bicyclic) bond motifs is 1. The SMILES string of the molecule is O=C1C=C(N2CCOCC2)C(=O)[C@@H]2C=CC=C[C@H]12. The average molecular weight is 245 g/mol. The first-order chi connectivity index (χ1) is 8.77. The molecule has 0 unspecified atom stereocenters. The summed E-state index contributed by atoms with van der Waals surface area (Å²) >= 11 is 0. The molecule has 0 spiro atoms. The van der Waals surface area contributed by atoms with Gasteiger partial charge in [0.15, 0.2) is 11.6 Å². The van der Waals surface area contributed by atoms with Crippen LogP contribution >= 0.6 is 0 Å². The summed E-state index contributed by atoms with van der Waals surface area (Å²) < 4.78 is 5.27. The van der Waals surface area contributed by atoms with Gasteiger partial charge in [-0.05, 0) is 0 Å². The number of ketones is 2. The van der Waals surface area contributed by atoms with Gasteiger partial charge in [-0.1, -0.05) is 24.3 Å². The van der Waals surface area contributed by atoms with Crippen molar-refractivity contribution in [2.24, 2.45) is 11.8 Å². The van der Waals surface area contributed by atoms with E-state index in [1.165, 1.54) is 6.08 Å². The maximum absolute atomic E-state index is 12.4. The van der Waals surface area contributed by atoms with Gasteiger partial charge in [0.25, 0.3) is 0 Å². The Bertz CT molecular complexity index is 469. The summed E-state index contributed by atoms with van der Waals surface area (Å²) in [6.07, 6.45) is 8.84. The Balaban J connectivity index is 1.90. The zero-order valence-corrected chi connectivity index (χ0v) is 10.0. The van der Waals surface area contributed by atoms with Crippen LogP contribution < -0.4 is 0 Å². The molecule has 94 valence electrons. The maximum atomic E-state index is 12.4. The largest absolute Gasteiger partial charge is 0.378 e. The van der Waals surface area contributed by atoms with Gasteiger partial charge in [-0.3, -0.25) is 9.59 Å². The molecular weight excluding hydrogens is 230 g/mol. The second-order valence-electron chi connectivity index (χ2n) is 4.72. The van der Waals surface area contributed by atoms with Gasteiger partial charge in [0.1, 0.15) is 0 Å². The summed E-state index contributed by atoms with van der Waals surface area (Å²) in [7, 11) is 0. The molecule has 2 aliphatic carbocycles. The van der Waals surface area contributed by atoms with E-state index in [4.69, 9.17) is 4.74 Å². The topological polar surface area (TPSA) is 46.6 Å². The quantitative estimate of drug-likeness (QED) is 0.682. The molecule has 0 aromatic heterocycles. The van der Waals surface area contributed by atoms with Crippen molar-refractivity contribution in [2.45, 2.75) is 0 Å². The minimum absolute atomic E-state index is 0.0293. The maximum Gasteiger partial charge on any atom is 0.186 e. The van der Waals surface area contributed by atoms with Gasteiger partial charge < -0.3 is 9.64 Å². The molecule has 18 heavy (non-hydrogen) atoms. The Morgan fingerprint density at radius 3 is 2.44 bits per heavy atom. The van der Waals surface area contributed by atoms with Crippen molar-refractivity contribution in [3.05, 3.63) is 36.1 Å². The summed E-state index contributed by atoms with van der Waals surface area (Å²) in [6.45, 7) is 2.59. The Hall–Kier alpha value is -1.68. The van der Waals surface area contributed by atoms with Crippen LogP contribution in [0.15, 0.2) is 36.1 Å². The molecule has 0 aromatic carbocycles. The molecule has 3 aliphatic rings. The number of morpholine rings is 1. The number of allylic oxidation sites excluding steroid dienone is 6. The second kappa shape index (κ2) is 4.53. The fraction of sp³-hybridized carbons (Fsp3) is 0.429. The summed E-state index contributed by atoms with van der Waals surface area (Å²) in [6, 6.07) is 0. The summed E-state index contributed by atoms with van der Waals surface area (Å²) in [5.74, 6) is -0.526. The zero-order chi connectivity index (χ0) is 12.5.